The maximum absolute atomic E-state index is 11.9. The Hall–Kier alpha value is -4.27. The number of amides is 2. The van der Waals surface area contributed by atoms with Gasteiger partial charge in [0.25, 0.3) is 5.91 Å². The van der Waals surface area contributed by atoms with E-state index in [1.54, 1.807) is 58.3 Å². The fraction of sp³-hybridized carbons (Fsp3) is 0.208. The van der Waals surface area contributed by atoms with Crippen molar-refractivity contribution >= 4 is 46.3 Å². The van der Waals surface area contributed by atoms with E-state index in [9.17, 15) is 9.59 Å². The Morgan fingerprint density at radius 1 is 1.06 bits per heavy atom. The molecule has 9 heteroatoms. The molecule has 3 aromatic rings. The van der Waals surface area contributed by atoms with Crippen molar-refractivity contribution in [3.8, 4) is 0 Å². The van der Waals surface area contributed by atoms with E-state index in [0.29, 0.717) is 28.2 Å². The summed E-state index contributed by atoms with van der Waals surface area (Å²) < 4.78 is 5.22. The molecule has 0 radical (unpaired) electrons. The van der Waals surface area contributed by atoms with E-state index >= 15 is 0 Å². The second-order valence-electron chi connectivity index (χ2n) is 8.14. The molecule has 2 aromatic carbocycles. The zero-order valence-corrected chi connectivity index (χ0v) is 18.9. The Morgan fingerprint density at radius 3 is 2.39 bits per heavy atom. The van der Waals surface area contributed by atoms with Crippen molar-refractivity contribution in [2.24, 2.45) is 0 Å². The van der Waals surface area contributed by atoms with Crippen molar-refractivity contribution in [3.05, 3.63) is 66.0 Å². The number of nitrogens with one attached hydrogen (secondary N) is 4. The van der Waals surface area contributed by atoms with Crippen LogP contribution in [0.5, 0.6) is 0 Å². The Bertz CT molecular complexity index is 1210. The Kier molecular flexibility index (Phi) is 7.02. The predicted octanol–water partition coefficient (Wildman–Crippen LogP) is 4.25. The van der Waals surface area contributed by atoms with E-state index in [-0.39, 0.29) is 5.91 Å². The summed E-state index contributed by atoms with van der Waals surface area (Å²) in [4.78, 5) is 32.5. The van der Waals surface area contributed by atoms with Crippen molar-refractivity contribution < 1.29 is 14.3 Å². The number of carbonyl (C=O) groups excluding carboxylic acids is 2. The first-order chi connectivity index (χ1) is 15.7. The molecule has 2 amide bonds. The van der Waals surface area contributed by atoms with Gasteiger partial charge in [-0.1, -0.05) is 12.1 Å². The number of rotatable bonds is 6. The highest BCUT2D eigenvalue weighted by Crippen LogP contribution is 2.21. The normalized spacial score (nSPS) is 11.6. The number of alkyl carbamates (subject to hydrolysis) is 1. The quantitative estimate of drug-likeness (QED) is 0.419. The van der Waals surface area contributed by atoms with Crippen molar-refractivity contribution in [3.63, 3.8) is 0 Å². The largest absolute Gasteiger partial charge is 0.444 e. The van der Waals surface area contributed by atoms with Crippen LogP contribution >= 0.6 is 0 Å². The summed E-state index contributed by atoms with van der Waals surface area (Å²) in [6.07, 6.45) is 3.67. The molecule has 0 aliphatic heterocycles. The molecule has 1 heterocycles. The Labute approximate surface area is 191 Å². The Balaban J connectivity index is 1.80. The first-order valence-electron chi connectivity index (χ1n) is 10.2. The molecule has 0 aliphatic carbocycles. The van der Waals surface area contributed by atoms with Crippen LogP contribution in [0.1, 0.15) is 36.7 Å². The van der Waals surface area contributed by atoms with Crippen molar-refractivity contribution in [2.45, 2.75) is 26.4 Å². The first-order valence-corrected chi connectivity index (χ1v) is 10.2. The molecular formula is C24H26N6O3. The fourth-order valence-corrected chi connectivity index (χ4v) is 2.89. The molecule has 4 N–H and O–H groups in total. The Morgan fingerprint density at radius 2 is 1.76 bits per heavy atom. The van der Waals surface area contributed by atoms with Gasteiger partial charge in [-0.15, -0.1) is 0 Å². The second kappa shape index (κ2) is 9.90. The van der Waals surface area contributed by atoms with E-state index in [1.165, 1.54) is 6.20 Å². The molecular weight excluding hydrogens is 420 g/mol. The number of benzene rings is 2. The fourth-order valence-electron chi connectivity index (χ4n) is 2.89. The maximum Gasteiger partial charge on any atom is 0.411 e. The van der Waals surface area contributed by atoms with Crippen LogP contribution in [0.15, 0.2) is 54.9 Å². The third-order valence-electron chi connectivity index (χ3n) is 4.45. The van der Waals surface area contributed by atoms with Gasteiger partial charge in [-0.25, -0.2) is 14.8 Å². The molecule has 0 aliphatic rings. The van der Waals surface area contributed by atoms with Crippen LogP contribution in [-0.2, 0) is 4.74 Å². The van der Waals surface area contributed by atoms with Crippen LogP contribution in [0.4, 0.5) is 16.4 Å². The lowest BCUT2D eigenvalue weighted by Gasteiger charge is -2.19. The maximum atomic E-state index is 11.9. The topological polar surface area (TPSA) is 129 Å². The zero-order valence-electron chi connectivity index (χ0n) is 18.9. The molecule has 0 bridgehead atoms. The summed E-state index contributed by atoms with van der Waals surface area (Å²) in [6, 6.07) is 12.4. The van der Waals surface area contributed by atoms with Gasteiger partial charge in [0.15, 0.2) is 0 Å². The molecule has 170 valence electrons. The van der Waals surface area contributed by atoms with Crippen molar-refractivity contribution in [1.82, 2.24) is 20.6 Å². The molecule has 0 saturated carbocycles. The van der Waals surface area contributed by atoms with Gasteiger partial charge in [-0.05, 0) is 56.7 Å². The minimum atomic E-state index is -0.616. The number of nitrogens with zero attached hydrogens (tertiary/aromatic N) is 2. The lowest BCUT2D eigenvalue weighted by Crippen LogP contribution is -2.29. The smallest absolute Gasteiger partial charge is 0.411 e. The van der Waals surface area contributed by atoms with Gasteiger partial charge in [0.2, 0.25) is 5.95 Å². The third-order valence-corrected chi connectivity index (χ3v) is 4.45. The van der Waals surface area contributed by atoms with E-state index in [4.69, 9.17) is 10.1 Å². The van der Waals surface area contributed by atoms with E-state index in [1.807, 2.05) is 18.2 Å². The molecule has 0 saturated heterocycles. The van der Waals surface area contributed by atoms with Crippen LogP contribution in [0.25, 0.3) is 16.5 Å². The molecule has 0 spiro atoms. The van der Waals surface area contributed by atoms with Crippen LogP contribution in [0.2, 0.25) is 0 Å². The average molecular weight is 447 g/mol. The van der Waals surface area contributed by atoms with E-state index in [0.717, 1.165) is 17.3 Å². The number of aromatic nitrogens is 2. The zero-order chi connectivity index (χ0) is 24.0. The summed E-state index contributed by atoms with van der Waals surface area (Å²) in [5, 5.41) is 16.8. The average Bonchev–Trinajstić information content (AvgIpc) is 2.78. The van der Waals surface area contributed by atoms with Gasteiger partial charge < -0.3 is 20.8 Å². The highest BCUT2D eigenvalue weighted by molar-refractivity contribution is 6.09. The number of ether oxygens (including phenoxy) is 1. The van der Waals surface area contributed by atoms with Crippen molar-refractivity contribution in [2.75, 3.05) is 12.4 Å². The van der Waals surface area contributed by atoms with Gasteiger partial charge in [0, 0.05) is 47.9 Å². The van der Waals surface area contributed by atoms with E-state index < -0.39 is 11.7 Å². The SMILES string of the molecule is CNC(=O)c1ccc(Nc2ncc3ccc(/C(C=N)=C/NC(=O)OC(C)(C)C)cc3n2)cc1. The van der Waals surface area contributed by atoms with Gasteiger partial charge in [-0.3, -0.25) is 10.1 Å². The minimum absolute atomic E-state index is 0.160. The van der Waals surface area contributed by atoms with Crippen molar-refractivity contribution in [1.29, 1.82) is 5.41 Å². The van der Waals surface area contributed by atoms with Gasteiger partial charge >= 0.3 is 6.09 Å². The molecule has 0 fully saturated rings. The van der Waals surface area contributed by atoms with Crippen LogP contribution in [-0.4, -0.2) is 40.8 Å². The lowest BCUT2D eigenvalue weighted by molar-refractivity contribution is 0.0552. The lowest BCUT2D eigenvalue weighted by atomic mass is 10.1. The van der Waals surface area contributed by atoms with Crippen LogP contribution in [0.3, 0.4) is 0 Å². The number of carbonyl (C=O) groups is 2. The number of allylic oxidation sites excluding steroid dienone is 1. The number of anilines is 2. The molecule has 0 unspecified atom stereocenters. The number of fused-ring (bicyclic) bond motifs is 1. The number of hydrogen-bond donors (Lipinski definition) is 4. The first kappa shape index (κ1) is 23.4. The van der Waals surface area contributed by atoms with Gasteiger partial charge in [0.1, 0.15) is 5.60 Å². The highest BCUT2D eigenvalue weighted by atomic mass is 16.6. The molecule has 9 nitrogen and oxygen atoms in total. The molecule has 1 aromatic heterocycles. The minimum Gasteiger partial charge on any atom is -0.444 e. The second-order valence-corrected chi connectivity index (χ2v) is 8.14. The third kappa shape index (κ3) is 6.36. The summed E-state index contributed by atoms with van der Waals surface area (Å²) in [5.74, 6) is 0.229. The number of hydrogen-bond acceptors (Lipinski definition) is 7. The monoisotopic (exact) mass is 446 g/mol. The van der Waals surface area contributed by atoms with Gasteiger partial charge in [-0.2, -0.15) is 0 Å². The van der Waals surface area contributed by atoms with Crippen LogP contribution < -0.4 is 16.0 Å². The van der Waals surface area contributed by atoms with Crippen LogP contribution in [0, 0.1) is 5.41 Å². The predicted molar refractivity (Wildman–Crippen MR) is 129 cm³/mol. The summed E-state index contributed by atoms with van der Waals surface area (Å²) in [6.45, 7) is 5.33. The molecule has 3 rings (SSSR count). The van der Waals surface area contributed by atoms with E-state index in [2.05, 4.69) is 25.9 Å². The summed E-state index contributed by atoms with van der Waals surface area (Å²) in [5.41, 5.74) is 2.53. The summed E-state index contributed by atoms with van der Waals surface area (Å²) >= 11 is 0. The highest BCUT2D eigenvalue weighted by Gasteiger charge is 2.15. The molecule has 0 atom stereocenters. The summed E-state index contributed by atoms with van der Waals surface area (Å²) in [7, 11) is 1.58. The molecule has 33 heavy (non-hydrogen) atoms. The van der Waals surface area contributed by atoms with Gasteiger partial charge in [0.05, 0.1) is 5.52 Å². The standard InChI is InChI=1S/C24H26N6O3/c1-24(2,3)33-23(32)28-14-18(12-25)16-5-6-17-13-27-22(30-20(17)11-16)29-19-9-7-15(8-10-19)21(31)26-4/h5-14,25H,1-4H3,(H,26,31)(H,28,32)(H,27,29,30)/b18-14+,25-12?.